The van der Waals surface area contributed by atoms with Gasteiger partial charge in [0.15, 0.2) is 11.5 Å². The highest BCUT2D eigenvalue weighted by Gasteiger charge is 2.31. The highest BCUT2D eigenvalue weighted by Crippen LogP contribution is 2.33. The summed E-state index contributed by atoms with van der Waals surface area (Å²) in [6.45, 7) is 2.47. The molecule has 4 rings (SSSR count). The zero-order valence-electron chi connectivity index (χ0n) is 21.3. The van der Waals surface area contributed by atoms with E-state index in [0.29, 0.717) is 39.4 Å². The van der Waals surface area contributed by atoms with Gasteiger partial charge in [-0.2, -0.15) is 0 Å². The van der Waals surface area contributed by atoms with Crippen LogP contribution in [0.1, 0.15) is 22.3 Å². The Labute approximate surface area is 231 Å². The van der Waals surface area contributed by atoms with Crippen LogP contribution in [0.25, 0.3) is 12.2 Å². The molecule has 0 bridgehead atoms. The van der Waals surface area contributed by atoms with Gasteiger partial charge in [0.25, 0.3) is 5.91 Å². The number of thioether (sulfide) groups is 1. The lowest BCUT2D eigenvalue weighted by Gasteiger charge is -2.15. The molecule has 0 aliphatic carbocycles. The minimum Gasteiger partial charge on any atom is -0.493 e. The van der Waals surface area contributed by atoms with E-state index >= 15 is 0 Å². The number of aryl methyl sites for hydroxylation is 1. The van der Waals surface area contributed by atoms with Gasteiger partial charge >= 0.3 is 5.97 Å². The van der Waals surface area contributed by atoms with Gasteiger partial charge in [-0.05, 0) is 66.5 Å². The van der Waals surface area contributed by atoms with Gasteiger partial charge in [0.2, 0.25) is 0 Å². The second-order valence-electron chi connectivity index (χ2n) is 8.51. The van der Waals surface area contributed by atoms with Crippen molar-refractivity contribution in [2.24, 2.45) is 0 Å². The van der Waals surface area contributed by atoms with Crippen LogP contribution in [-0.2, 0) is 16.0 Å². The topological polar surface area (TPSA) is 65.1 Å². The maximum atomic E-state index is 13.0. The molecule has 0 radical (unpaired) electrons. The van der Waals surface area contributed by atoms with Gasteiger partial charge in [0, 0.05) is 12.6 Å². The molecule has 194 valence electrons. The average molecular weight is 546 g/mol. The van der Waals surface area contributed by atoms with E-state index in [0.717, 1.165) is 22.3 Å². The molecular formula is C30H27NO5S2. The van der Waals surface area contributed by atoms with Gasteiger partial charge in [0.1, 0.15) is 10.1 Å². The Morgan fingerprint density at radius 2 is 1.63 bits per heavy atom. The Morgan fingerprint density at radius 3 is 2.32 bits per heavy atom. The first-order chi connectivity index (χ1) is 18.4. The van der Waals surface area contributed by atoms with Crippen molar-refractivity contribution >= 4 is 52.3 Å². The number of hydrogen-bond donors (Lipinski definition) is 0. The molecule has 1 aliphatic rings. The minimum atomic E-state index is -0.464. The van der Waals surface area contributed by atoms with Crippen molar-refractivity contribution in [2.45, 2.75) is 13.3 Å². The Balaban J connectivity index is 1.34. The molecular weight excluding hydrogens is 518 g/mol. The molecule has 0 saturated carbocycles. The van der Waals surface area contributed by atoms with Crippen molar-refractivity contribution in [1.82, 2.24) is 4.90 Å². The van der Waals surface area contributed by atoms with Crippen molar-refractivity contribution < 1.29 is 23.8 Å². The summed E-state index contributed by atoms with van der Waals surface area (Å²) in [5.74, 6) is 1.13. The number of benzene rings is 3. The number of nitrogens with zero attached hydrogens (tertiary/aromatic N) is 1. The Kier molecular flexibility index (Phi) is 8.99. The number of thiocarbonyl (C=S) groups is 1. The summed E-state index contributed by atoms with van der Waals surface area (Å²) in [5, 5.41) is 0. The number of rotatable bonds is 9. The average Bonchev–Trinajstić information content (AvgIpc) is 3.19. The fourth-order valence-corrected chi connectivity index (χ4v) is 5.05. The van der Waals surface area contributed by atoms with E-state index in [1.54, 1.807) is 55.5 Å². The molecule has 6 nitrogen and oxygen atoms in total. The molecule has 0 aromatic heterocycles. The number of methoxy groups -OCH3 is 2. The molecule has 1 heterocycles. The van der Waals surface area contributed by atoms with Crippen LogP contribution in [-0.4, -0.2) is 41.9 Å². The first kappa shape index (κ1) is 27.2. The van der Waals surface area contributed by atoms with E-state index in [-0.39, 0.29) is 5.91 Å². The summed E-state index contributed by atoms with van der Waals surface area (Å²) in [6.07, 6.45) is 5.52. The number of esters is 1. The summed E-state index contributed by atoms with van der Waals surface area (Å²) in [5.41, 5.74) is 3.89. The molecule has 1 aliphatic heterocycles. The van der Waals surface area contributed by atoms with Crippen molar-refractivity contribution in [3.05, 3.63) is 100.0 Å². The summed E-state index contributed by atoms with van der Waals surface area (Å²) in [6, 6.07) is 20.5. The third-order valence-electron chi connectivity index (χ3n) is 5.83. The molecule has 3 aromatic carbocycles. The molecule has 0 N–H and O–H groups in total. The van der Waals surface area contributed by atoms with Crippen LogP contribution < -0.4 is 14.2 Å². The third kappa shape index (κ3) is 6.90. The van der Waals surface area contributed by atoms with Crippen LogP contribution >= 0.6 is 24.0 Å². The second kappa shape index (κ2) is 12.6. The highest BCUT2D eigenvalue weighted by molar-refractivity contribution is 8.26. The number of carbonyl (C=O) groups excluding carboxylic acids is 2. The second-order valence-corrected chi connectivity index (χ2v) is 10.2. The number of ether oxygens (including phenoxy) is 3. The predicted octanol–water partition coefficient (Wildman–Crippen LogP) is 6.07. The standard InChI is InChI=1S/C30H27NO5S2/c1-20-4-6-21(7-5-20)11-15-28(32)36-24-12-8-22(9-13-24)19-27-29(33)31(30(37)38-27)17-16-23-10-14-25(34-2)26(18-23)35-3/h4-15,18-19H,16-17H2,1-3H3/b15-11+,27-19-. The summed E-state index contributed by atoms with van der Waals surface area (Å²) in [7, 11) is 3.18. The van der Waals surface area contributed by atoms with Gasteiger partial charge in [-0.15, -0.1) is 0 Å². The lowest BCUT2D eigenvalue weighted by molar-refractivity contribution is -0.129. The molecule has 1 saturated heterocycles. The minimum absolute atomic E-state index is 0.128. The molecule has 0 unspecified atom stereocenters. The SMILES string of the molecule is COc1ccc(CCN2C(=O)/C(=C/c3ccc(OC(=O)/C=C/c4ccc(C)cc4)cc3)SC2=S)cc1OC. The van der Waals surface area contributed by atoms with Crippen LogP contribution in [0.3, 0.4) is 0 Å². The van der Waals surface area contributed by atoms with Gasteiger partial charge in [0.05, 0.1) is 19.1 Å². The number of carbonyl (C=O) groups is 2. The van der Waals surface area contributed by atoms with Gasteiger partial charge < -0.3 is 14.2 Å². The predicted molar refractivity (Wildman–Crippen MR) is 155 cm³/mol. The largest absolute Gasteiger partial charge is 0.493 e. The van der Waals surface area contributed by atoms with Gasteiger partial charge in [-0.3, -0.25) is 9.69 Å². The number of hydrogen-bond acceptors (Lipinski definition) is 7. The van der Waals surface area contributed by atoms with E-state index in [9.17, 15) is 9.59 Å². The lowest BCUT2D eigenvalue weighted by Crippen LogP contribution is -2.30. The zero-order valence-corrected chi connectivity index (χ0v) is 22.9. The first-order valence-electron chi connectivity index (χ1n) is 11.9. The van der Waals surface area contributed by atoms with Crippen LogP contribution in [0, 0.1) is 6.92 Å². The van der Waals surface area contributed by atoms with Crippen LogP contribution in [0.2, 0.25) is 0 Å². The first-order valence-corrected chi connectivity index (χ1v) is 13.1. The Bertz CT molecular complexity index is 1400. The summed E-state index contributed by atoms with van der Waals surface area (Å²) < 4.78 is 16.5. The number of amides is 1. The zero-order chi connectivity index (χ0) is 27.1. The fraction of sp³-hybridized carbons (Fsp3) is 0.167. The molecule has 8 heteroatoms. The highest BCUT2D eigenvalue weighted by atomic mass is 32.2. The van der Waals surface area contributed by atoms with Gasteiger partial charge in [-0.1, -0.05) is 72.0 Å². The molecule has 1 amide bonds. The van der Waals surface area contributed by atoms with Crippen LogP contribution in [0.4, 0.5) is 0 Å². The van der Waals surface area contributed by atoms with Crippen LogP contribution in [0.5, 0.6) is 17.2 Å². The van der Waals surface area contributed by atoms with Crippen molar-refractivity contribution in [3.63, 3.8) is 0 Å². The Hall–Kier alpha value is -3.88. The van der Waals surface area contributed by atoms with Gasteiger partial charge in [-0.25, -0.2) is 4.79 Å². The Morgan fingerprint density at radius 1 is 0.947 bits per heavy atom. The van der Waals surface area contributed by atoms with Crippen molar-refractivity contribution in [1.29, 1.82) is 0 Å². The maximum Gasteiger partial charge on any atom is 0.336 e. The quantitative estimate of drug-likeness (QED) is 0.140. The van der Waals surface area contributed by atoms with E-state index in [1.807, 2.05) is 49.4 Å². The monoisotopic (exact) mass is 545 g/mol. The van der Waals surface area contributed by atoms with E-state index < -0.39 is 5.97 Å². The summed E-state index contributed by atoms with van der Waals surface area (Å²) >= 11 is 6.74. The molecule has 0 atom stereocenters. The van der Waals surface area contributed by atoms with E-state index in [2.05, 4.69) is 0 Å². The maximum absolute atomic E-state index is 13.0. The molecule has 3 aromatic rings. The normalized spacial score (nSPS) is 14.4. The molecule has 0 spiro atoms. The van der Waals surface area contributed by atoms with Crippen molar-refractivity contribution in [3.8, 4) is 17.2 Å². The third-order valence-corrected chi connectivity index (χ3v) is 7.21. The molecule has 38 heavy (non-hydrogen) atoms. The van der Waals surface area contributed by atoms with Crippen molar-refractivity contribution in [2.75, 3.05) is 20.8 Å². The van der Waals surface area contributed by atoms with Crippen LogP contribution in [0.15, 0.2) is 77.7 Å². The van der Waals surface area contributed by atoms with E-state index in [1.165, 1.54) is 17.8 Å². The lowest BCUT2D eigenvalue weighted by atomic mass is 10.1. The smallest absolute Gasteiger partial charge is 0.336 e. The molecule has 1 fully saturated rings. The summed E-state index contributed by atoms with van der Waals surface area (Å²) in [4.78, 5) is 27.3. The van der Waals surface area contributed by atoms with E-state index in [4.69, 9.17) is 26.4 Å². The fourth-order valence-electron chi connectivity index (χ4n) is 3.75.